The van der Waals surface area contributed by atoms with Crippen LogP contribution in [0.4, 0.5) is 0 Å². The standard InChI is InChI=1S/C20H19ClN2O4S/c1-14(15-6-3-2-4-7-15)23-20(24)16-9-10-18(21)19(12-16)28(25,26)22-13-17-8-5-11-27-17/h2-12,14,22H,13H2,1H3,(H,23,24). The van der Waals surface area contributed by atoms with Gasteiger partial charge in [0.25, 0.3) is 5.91 Å². The summed E-state index contributed by atoms with van der Waals surface area (Å²) in [6.07, 6.45) is 1.45. The summed E-state index contributed by atoms with van der Waals surface area (Å²) in [7, 11) is -3.93. The molecule has 1 atom stereocenters. The second-order valence-electron chi connectivity index (χ2n) is 6.15. The Bertz CT molecular complexity index is 1050. The number of hydrogen-bond donors (Lipinski definition) is 2. The van der Waals surface area contributed by atoms with E-state index in [0.29, 0.717) is 5.76 Å². The zero-order chi connectivity index (χ0) is 20.1. The Hall–Kier alpha value is -2.61. The molecule has 6 nitrogen and oxygen atoms in total. The number of sulfonamides is 1. The van der Waals surface area contributed by atoms with Crippen molar-refractivity contribution in [3.05, 3.63) is 88.8 Å². The molecular weight excluding hydrogens is 400 g/mol. The second kappa shape index (κ2) is 8.60. The van der Waals surface area contributed by atoms with Gasteiger partial charge in [-0.1, -0.05) is 41.9 Å². The highest BCUT2D eigenvalue weighted by Gasteiger charge is 2.21. The summed E-state index contributed by atoms with van der Waals surface area (Å²) in [6.45, 7) is 1.83. The Kier molecular flexibility index (Phi) is 6.18. The Balaban J connectivity index is 1.77. The molecular formula is C20H19ClN2O4S. The van der Waals surface area contributed by atoms with Crippen molar-refractivity contribution >= 4 is 27.5 Å². The summed E-state index contributed by atoms with van der Waals surface area (Å²) in [5, 5.41) is 2.88. The summed E-state index contributed by atoms with van der Waals surface area (Å²) in [6, 6.07) is 16.7. The van der Waals surface area contributed by atoms with Crippen molar-refractivity contribution in [3.63, 3.8) is 0 Å². The number of halogens is 1. The monoisotopic (exact) mass is 418 g/mol. The van der Waals surface area contributed by atoms with Crippen LogP contribution in [0.2, 0.25) is 5.02 Å². The summed E-state index contributed by atoms with van der Waals surface area (Å²) in [4.78, 5) is 12.4. The second-order valence-corrected chi connectivity index (χ2v) is 8.30. The van der Waals surface area contributed by atoms with Gasteiger partial charge in [0.15, 0.2) is 0 Å². The van der Waals surface area contributed by atoms with Crippen LogP contribution in [0.3, 0.4) is 0 Å². The first-order valence-electron chi connectivity index (χ1n) is 8.54. The summed E-state index contributed by atoms with van der Waals surface area (Å²) in [5.74, 6) is 0.0702. The molecule has 0 radical (unpaired) electrons. The molecule has 3 rings (SSSR count). The van der Waals surface area contributed by atoms with Crippen LogP contribution >= 0.6 is 11.6 Å². The third-order valence-electron chi connectivity index (χ3n) is 4.15. The minimum atomic E-state index is -3.93. The highest BCUT2D eigenvalue weighted by Crippen LogP contribution is 2.23. The van der Waals surface area contributed by atoms with Crippen LogP contribution in [0.5, 0.6) is 0 Å². The van der Waals surface area contributed by atoms with Crippen LogP contribution in [0.1, 0.15) is 34.6 Å². The number of carbonyl (C=O) groups is 1. The SMILES string of the molecule is CC(NC(=O)c1ccc(Cl)c(S(=O)(=O)NCc2ccco2)c1)c1ccccc1. The van der Waals surface area contributed by atoms with Crippen molar-refractivity contribution in [1.82, 2.24) is 10.0 Å². The van der Waals surface area contributed by atoms with E-state index in [-0.39, 0.29) is 28.1 Å². The number of amides is 1. The third-order valence-corrected chi connectivity index (χ3v) is 6.03. The Labute approximate surface area is 168 Å². The fourth-order valence-electron chi connectivity index (χ4n) is 2.61. The van der Waals surface area contributed by atoms with Gasteiger partial charge in [-0.2, -0.15) is 0 Å². The van der Waals surface area contributed by atoms with E-state index in [1.807, 2.05) is 37.3 Å². The molecule has 0 aliphatic heterocycles. The van der Waals surface area contributed by atoms with Gasteiger partial charge in [0.05, 0.1) is 23.9 Å². The van der Waals surface area contributed by atoms with Gasteiger partial charge in [-0.05, 0) is 42.8 Å². The molecule has 0 saturated heterocycles. The molecule has 2 aromatic carbocycles. The van der Waals surface area contributed by atoms with Crippen LogP contribution in [-0.4, -0.2) is 14.3 Å². The van der Waals surface area contributed by atoms with Crippen LogP contribution in [-0.2, 0) is 16.6 Å². The number of nitrogens with one attached hydrogen (secondary N) is 2. The van der Waals surface area contributed by atoms with Crippen LogP contribution < -0.4 is 10.0 Å². The van der Waals surface area contributed by atoms with Crippen molar-refractivity contribution in [2.24, 2.45) is 0 Å². The van der Waals surface area contributed by atoms with Crippen molar-refractivity contribution in [1.29, 1.82) is 0 Å². The molecule has 1 unspecified atom stereocenters. The molecule has 0 spiro atoms. The molecule has 1 amide bonds. The highest BCUT2D eigenvalue weighted by atomic mass is 35.5. The molecule has 0 saturated carbocycles. The van der Waals surface area contributed by atoms with Crippen LogP contribution in [0.15, 0.2) is 76.2 Å². The lowest BCUT2D eigenvalue weighted by molar-refractivity contribution is 0.0939. The third kappa shape index (κ3) is 4.81. The van der Waals surface area contributed by atoms with Gasteiger partial charge in [-0.3, -0.25) is 4.79 Å². The van der Waals surface area contributed by atoms with Crippen molar-refractivity contribution in [3.8, 4) is 0 Å². The Morgan fingerprint density at radius 1 is 1.11 bits per heavy atom. The summed E-state index contributed by atoms with van der Waals surface area (Å²) >= 11 is 6.07. The lowest BCUT2D eigenvalue weighted by Crippen LogP contribution is -2.27. The van der Waals surface area contributed by atoms with Gasteiger partial charge in [0.1, 0.15) is 10.7 Å². The molecule has 0 fully saturated rings. The van der Waals surface area contributed by atoms with E-state index in [2.05, 4.69) is 10.0 Å². The van der Waals surface area contributed by atoms with Gasteiger partial charge in [0, 0.05) is 5.56 Å². The van der Waals surface area contributed by atoms with E-state index in [0.717, 1.165) is 5.56 Å². The van der Waals surface area contributed by atoms with Gasteiger partial charge in [0.2, 0.25) is 10.0 Å². The number of furan rings is 1. The van der Waals surface area contributed by atoms with Crippen LogP contribution in [0.25, 0.3) is 0 Å². The minimum absolute atomic E-state index is 0.0207. The quantitative estimate of drug-likeness (QED) is 0.609. The molecule has 0 bridgehead atoms. The van der Waals surface area contributed by atoms with Crippen molar-refractivity contribution in [2.45, 2.75) is 24.4 Å². The molecule has 1 heterocycles. The summed E-state index contributed by atoms with van der Waals surface area (Å²) in [5.41, 5.74) is 1.14. The largest absolute Gasteiger partial charge is 0.468 e. The van der Waals surface area contributed by atoms with Crippen molar-refractivity contribution < 1.29 is 17.6 Å². The molecule has 28 heavy (non-hydrogen) atoms. The predicted molar refractivity (Wildman–Crippen MR) is 107 cm³/mol. The number of benzene rings is 2. The average molecular weight is 419 g/mol. The maximum Gasteiger partial charge on any atom is 0.251 e. The predicted octanol–water partition coefficient (Wildman–Crippen LogP) is 3.90. The van der Waals surface area contributed by atoms with Crippen LogP contribution in [0, 0.1) is 0 Å². The summed E-state index contributed by atoms with van der Waals surface area (Å²) < 4.78 is 32.7. The van der Waals surface area contributed by atoms with Gasteiger partial charge < -0.3 is 9.73 Å². The highest BCUT2D eigenvalue weighted by molar-refractivity contribution is 7.89. The normalized spacial score (nSPS) is 12.5. The average Bonchev–Trinajstić information content (AvgIpc) is 3.21. The molecule has 146 valence electrons. The lowest BCUT2D eigenvalue weighted by atomic mass is 10.1. The van der Waals surface area contributed by atoms with E-state index in [1.54, 1.807) is 12.1 Å². The van der Waals surface area contributed by atoms with E-state index in [9.17, 15) is 13.2 Å². The Morgan fingerprint density at radius 3 is 2.54 bits per heavy atom. The van der Waals surface area contributed by atoms with E-state index >= 15 is 0 Å². The molecule has 8 heteroatoms. The smallest absolute Gasteiger partial charge is 0.251 e. The fourth-order valence-corrected chi connectivity index (χ4v) is 4.13. The first-order chi connectivity index (χ1) is 13.4. The molecule has 0 aliphatic carbocycles. The van der Waals surface area contributed by atoms with Crippen molar-refractivity contribution in [2.75, 3.05) is 0 Å². The maximum atomic E-state index is 12.6. The first kappa shape index (κ1) is 20.1. The number of rotatable bonds is 7. The Morgan fingerprint density at radius 2 is 1.86 bits per heavy atom. The number of carbonyl (C=O) groups excluding carboxylic acids is 1. The first-order valence-corrected chi connectivity index (χ1v) is 10.4. The molecule has 1 aromatic heterocycles. The molecule has 2 N–H and O–H groups in total. The van der Waals surface area contributed by atoms with E-state index in [1.165, 1.54) is 24.5 Å². The van der Waals surface area contributed by atoms with E-state index < -0.39 is 15.9 Å². The fraction of sp³-hybridized carbons (Fsp3) is 0.150. The zero-order valence-corrected chi connectivity index (χ0v) is 16.6. The lowest BCUT2D eigenvalue weighted by Gasteiger charge is -2.15. The number of hydrogen-bond acceptors (Lipinski definition) is 4. The minimum Gasteiger partial charge on any atom is -0.468 e. The van der Waals surface area contributed by atoms with Gasteiger partial charge in [-0.15, -0.1) is 0 Å². The topological polar surface area (TPSA) is 88.4 Å². The zero-order valence-electron chi connectivity index (χ0n) is 15.1. The maximum absolute atomic E-state index is 12.6. The van der Waals surface area contributed by atoms with E-state index in [4.69, 9.17) is 16.0 Å². The van der Waals surface area contributed by atoms with Gasteiger partial charge in [-0.25, -0.2) is 13.1 Å². The molecule has 0 aliphatic rings. The van der Waals surface area contributed by atoms with Gasteiger partial charge >= 0.3 is 0 Å². The molecule has 3 aromatic rings.